The average molecular weight is 177 g/mol. The van der Waals surface area contributed by atoms with E-state index >= 15 is 0 Å². The van der Waals surface area contributed by atoms with Gasteiger partial charge in [0.25, 0.3) is 0 Å². The van der Waals surface area contributed by atoms with E-state index in [1.807, 2.05) is 0 Å². The van der Waals surface area contributed by atoms with Crippen molar-refractivity contribution < 1.29 is 0 Å². The van der Waals surface area contributed by atoms with Gasteiger partial charge in [-0.3, -0.25) is 0 Å². The summed E-state index contributed by atoms with van der Waals surface area (Å²) in [5.41, 5.74) is 0. The van der Waals surface area contributed by atoms with Crippen LogP contribution < -0.4 is 0 Å². The van der Waals surface area contributed by atoms with Gasteiger partial charge in [-0.1, -0.05) is 35.7 Å². The third kappa shape index (κ3) is 2.71. The summed E-state index contributed by atoms with van der Waals surface area (Å²) in [7, 11) is 0. The Balaban J connectivity index is 1.87. The van der Waals surface area contributed by atoms with Gasteiger partial charge in [-0.15, -0.1) is 0 Å². The fourth-order valence-corrected chi connectivity index (χ4v) is 1.14. The third-order valence-corrected chi connectivity index (χ3v) is 2.13. The number of hydrogen-bond acceptors (Lipinski definition) is 0. The maximum Gasteiger partial charge on any atom is 0.0117 e. The van der Waals surface area contributed by atoms with Crippen LogP contribution >= 0.6 is 15.9 Å². The molecule has 0 aliphatic heterocycles. The van der Waals surface area contributed by atoms with E-state index in [0.29, 0.717) is 0 Å². The van der Waals surface area contributed by atoms with Crippen molar-refractivity contribution in [1.82, 2.24) is 0 Å². The average Bonchev–Trinajstić information content (AvgIpc) is 2.41. The Morgan fingerprint density at radius 2 is 2.25 bits per heavy atom. The van der Waals surface area contributed by atoms with Crippen LogP contribution in [0.15, 0.2) is 0 Å². The second-order valence-electron chi connectivity index (χ2n) is 2.80. The molecule has 1 aliphatic rings. The van der Waals surface area contributed by atoms with E-state index < -0.39 is 0 Å². The quantitative estimate of drug-likeness (QED) is 0.581. The lowest BCUT2D eigenvalue weighted by molar-refractivity contribution is 0.668. The molecule has 0 aromatic heterocycles. The first-order valence-electron chi connectivity index (χ1n) is 3.43. The van der Waals surface area contributed by atoms with Crippen molar-refractivity contribution in [2.24, 2.45) is 5.92 Å². The largest absolute Gasteiger partial charge is 0.0894 e. The molecule has 1 saturated carbocycles. The van der Waals surface area contributed by atoms with Crippen molar-refractivity contribution in [3.05, 3.63) is 0 Å². The van der Waals surface area contributed by atoms with E-state index in [-0.39, 0.29) is 0 Å². The lowest BCUT2D eigenvalue weighted by Gasteiger charge is -1.98. The highest BCUT2D eigenvalue weighted by Crippen LogP contribution is 2.34. The number of rotatable bonds is 3. The maximum atomic E-state index is 3.53. The van der Waals surface area contributed by atoms with E-state index in [0.717, 1.165) is 10.7 Å². The number of alkyl halides is 1. The summed E-state index contributed by atoms with van der Waals surface area (Å²) >= 11 is 3.53. The lowest BCUT2D eigenvalue weighted by atomic mass is 10.2. The molecule has 1 aliphatic carbocycles. The summed E-state index contributed by atoms with van der Waals surface area (Å²) in [6.07, 6.45) is 5.82. The van der Waals surface area contributed by atoms with Gasteiger partial charge < -0.3 is 0 Å². The molecule has 1 unspecified atom stereocenters. The van der Waals surface area contributed by atoms with Crippen LogP contribution in [0, 0.1) is 5.92 Å². The van der Waals surface area contributed by atoms with Gasteiger partial charge in [0.15, 0.2) is 0 Å². The van der Waals surface area contributed by atoms with Crippen LogP contribution in [0.4, 0.5) is 0 Å². The molecule has 48 valence electrons. The highest BCUT2D eigenvalue weighted by atomic mass is 79.9. The molecule has 0 spiro atoms. The van der Waals surface area contributed by atoms with Gasteiger partial charge in [-0.25, -0.2) is 0 Å². The van der Waals surface area contributed by atoms with Gasteiger partial charge >= 0.3 is 0 Å². The van der Waals surface area contributed by atoms with Gasteiger partial charge in [0.05, 0.1) is 0 Å². The second-order valence-corrected chi connectivity index (χ2v) is 4.36. The van der Waals surface area contributed by atoms with Crippen LogP contribution in [0.3, 0.4) is 0 Å². The summed E-state index contributed by atoms with van der Waals surface area (Å²) < 4.78 is 0. The van der Waals surface area contributed by atoms with Gasteiger partial charge in [-0.05, 0) is 18.8 Å². The summed E-state index contributed by atoms with van der Waals surface area (Å²) in [4.78, 5) is 0.739. The first-order valence-corrected chi connectivity index (χ1v) is 4.34. The fourth-order valence-electron chi connectivity index (χ4n) is 0.872. The Morgan fingerprint density at radius 3 is 2.62 bits per heavy atom. The molecule has 0 aromatic carbocycles. The van der Waals surface area contributed by atoms with Crippen LogP contribution in [-0.2, 0) is 0 Å². The Morgan fingerprint density at radius 1 is 1.62 bits per heavy atom. The van der Waals surface area contributed by atoms with Crippen LogP contribution in [0.5, 0.6) is 0 Å². The molecular weight excluding hydrogens is 164 g/mol. The minimum atomic E-state index is 0.739. The Hall–Kier alpha value is 0.480. The molecule has 8 heavy (non-hydrogen) atoms. The molecule has 0 nitrogen and oxygen atoms in total. The molecule has 0 N–H and O–H groups in total. The Labute approximate surface area is 59.8 Å². The maximum absolute atomic E-state index is 3.53. The molecule has 0 heterocycles. The summed E-state index contributed by atoms with van der Waals surface area (Å²) in [6, 6.07) is 0. The van der Waals surface area contributed by atoms with Gasteiger partial charge in [0, 0.05) is 4.83 Å². The van der Waals surface area contributed by atoms with Crippen LogP contribution in [-0.4, -0.2) is 4.83 Å². The normalized spacial score (nSPS) is 23.2. The van der Waals surface area contributed by atoms with Crippen molar-refractivity contribution in [1.29, 1.82) is 0 Å². The third-order valence-electron chi connectivity index (χ3n) is 1.67. The van der Waals surface area contributed by atoms with E-state index in [2.05, 4.69) is 22.9 Å². The van der Waals surface area contributed by atoms with Gasteiger partial charge in [0.2, 0.25) is 0 Å². The molecule has 1 atom stereocenters. The van der Waals surface area contributed by atoms with E-state index in [1.54, 1.807) is 0 Å². The van der Waals surface area contributed by atoms with Crippen molar-refractivity contribution >= 4 is 15.9 Å². The van der Waals surface area contributed by atoms with E-state index in [4.69, 9.17) is 0 Å². The molecule has 1 heteroatoms. The van der Waals surface area contributed by atoms with Crippen molar-refractivity contribution in [2.75, 3.05) is 0 Å². The van der Waals surface area contributed by atoms with Crippen molar-refractivity contribution in [3.8, 4) is 0 Å². The summed E-state index contributed by atoms with van der Waals surface area (Å²) in [5.74, 6) is 1.11. The van der Waals surface area contributed by atoms with Crippen molar-refractivity contribution in [3.63, 3.8) is 0 Å². The van der Waals surface area contributed by atoms with Gasteiger partial charge in [-0.2, -0.15) is 0 Å². The standard InChI is InChI=1S/C7H13Br/c1-6(8)2-3-7-4-5-7/h6-7H,2-5H2,1H3. The summed E-state index contributed by atoms with van der Waals surface area (Å²) in [5, 5.41) is 0. The van der Waals surface area contributed by atoms with Crippen LogP contribution in [0.25, 0.3) is 0 Å². The Kier molecular flexibility index (Phi) is 2.36. The van der Waals surface area contributed by atoms with Crippen LogP contribution in [0.1, 0.15) is 32.6 Å². The highest BCUT2D eigenvalue weighted by molar-refractivity contribution is 9.09. The second kappa shape index (κ2) is 2.86. The molecule has 0 amide bonds. The van der Waals surface area contributed by atoms with E-state index in [1.165, 1.54) is 25.7 Å². The molecule has 1 fully saturated rings. The number of hydrogen-bond donors (Lipinski definition) is 0. The predicted octanol–water partition coefficient (Wildman–Crippen LogP) is 2.96. The minimum absolute atomic E-state index is 0.739. The monoisotopic (exact) mass is 176 g/mol. The van der Waals surface area contributed by atoms with Gasteiger partial charge in [0.1, 0.15) is 0 Å². The molecule has 0 aromatic rings. The SMILES string of the molecule is CC(Br)CCC1CC1. The lowest BCUT2D eigenvalue weighted by Crippen LogP contribution is -1.89. The van der Waals surface area contributed by atoms with E-state index in [9.17, 15) is 0 Å². The molecule has 0 saturated heterocycles. The zero-order valence-electron chi connectivity index (χ0n) is 5.36. The minimum Gasteiger partial charge on any atom is -0.0894 e. The molecule has 0 radical (unpaired) electrons. The highest BCUT2D eigenvalue weighted by Gasteiger charge is 2.20. The van der Waals surface area contributed by atoms with Crippen molar-refractivity contribution in [2.45, 2.75) is 37.4 Å². The molecular formula is C7H13Br. The first kappa shape index (κ1) is 6.60. The fraction of sp³-hybridized carbons (Fsp3) is 1.00. The smallest absolute Gasteiger partial charge is 0.0117 e. The number of halogens is 1. The zero-order chi connectivity index (χ0) is 5.98. The first-order chi connectivity index (χ1) is 3.79. The topological polar surface area (TPSA) is 0 Å². The molecule has 0 bridgehead atoms. The predicted molar refractivity (Wildman–Crippen MR) is 40.3 cm³/mol. The van der Waals surface area contributed by atoms with Crippen LogP contribution in [0.2, 0.25) is 0 Å². The zero-order valence-corrected chi connectivity index (χ0v) is 6.95. The molecule has 1 rings (SSSR count). The Bertz CT molecular complexity index is 62.8. The summed E-state index contributed by atoms with van der Waals surface area (Å²) in [6.45, 7) is 2.22.